The fourth-order valence-electron chi connectivity index (χ4n) is 3.82. The van der Waals surface area contributed by atoms with Crippen LogP contribution in [0.15, 0.2) is 97.3 Å². The van der Waals surface area contributed by atoms with Gasteiger partial charge >= 0.3 is 0 Å². The van der Waals surface area contributed by atoms with Crippen molar-refractivity contribution in [1.82, 2.24) is 20.0 Å². The topological polar surface area (TPSA) is 79.3 Å². The van der Waals surface area contributed by atoms with E-state index in [1.165, 1.54) is 0 Å². The second-order valence-corrected chi connectivity index (χ2v) is 8.39. The number of carbonyl (C=O) groups excluding carboxylic acids is 2. The lowest BCUT2D eigenvalue weighted by molar-refractivity contribution is -0.117. The number of nitrogens with zero attached hydrogens (tertiary/aromatic N) is 3. The van der Waals surface area contributed by atoms with E-state index >= 15 is 0 Å². The van der Waals surface area contributed by atoms with Crippen molar-refractivity contribution < 1.29 is 9.59 Å². The number of rotatable bonds is 10. The second-order valence-electron chi connectivity index (χ2n) is 8.39. The molecule has 1 aromatic heterocycles. The van der Waals surface area contributed by atoms with E-state index in [1.807, 2.05) is 83.5 Å². The minimum Gasteiger partial charge on any atom is -0.352 e. The van der Waals surface area contributed by atoms with Gasteiger partial charge in [-0.05, 0) is 43.3 Å². The zero-order chi connectivity index (χ0) is 24.5. The second kappa shape index (κ2) is 11.8. The van der Waals surface area contributed by atoms with E-state index in [0.717, 1.165) is 23.2 Å². The molecule has 0 fully saturated rings. The van der Waals surface area contributed by atoms with Crippen LogP contribution in [0, 0.1) is 0 Å². The Morgan fingerprint density at radius 2 is 1.57 bits per heavy atom. The molecular formula is C28H29N5O2. The molecule has 2 amide bonds. The van der Waals surface area contributed by atoms with Gasteiger partial charge in [0.25, 0.3) is 5.91 Å². The average molecular weight is 468 g/mol. The summed E-state index contributed by atoms with van der Waals surface area (Å²) in [5.74, 6) is -0.397. The number of anilines is 1. The monoisotopic (exact) mass is 467 g/mol. The molecule has 7 heteroatoms. The molecule has 0 aliphatic carbocycles. The number of aromatic nitrogens is 2. The summed E-state index contributed by atoms with van der Waals surface area (Å²) in [6.45, 7) is 1.27. The van der Waals surface area contributed by atoms with Gasteiger partial charge in [0.2, 0.25) is 5.91 Å². The van der Waals surface area contributed by atoms with Gasteiger partial charge in [0.15, 0.2) is 0 Å². The molecule has 1 heterocycles. The number of hydrogen-bond acceptors (Lipinski definition) is 4. The Morgan fingerprint density at radius 3 is 2.34 bits per heavy atom. The highest BCUT2D eigenvalue weighted by Gasteiger charge is 2.14. The highest BCUT2D eigenvalue weighted by atomic mass is 16.2. The lowest BCUT2D eigenvalue weighted by atomic mass is 10.1. The van der Waals surface area contributed by atoms with Crippen LogP contribution in [-0.4, -0.2) is 46.6 Å². The Labute approximate surface area is 205 Å². The third-order valence-electron chi connectivity index (χ3n) is 5.51. The number of hydrogen-bond donors (Lipinski definition) is 2. The van der Waals surface area contributed by atoms with Crippen LogP contribution in [0.25, 0.3) is 5.69 Å². The minimum atomic E-state index is -0.210. The number of carbonyl (C=O) groups is 2. The summed E-state index contributed by atoms with van der Waals surface area (Å²) in [5, 5.41) is 10.2. The molecule has 35 heavy (non-hydrogen) atoms. The van der Waals surface area contributed by atoms with E-state index in [9.17, 15) is 9.59 Å². The number of para-hydroxylation sites is 2. The van der Waals surface area contributed by atoms with Crippen molar-refractivity contribution in [2.24, 2.45) is 0 Å². The van der Waals surface area contributed by atoms with Gasteiger partial charge in [-0.15, -0.1) is 0 Å². The Balaban J connectivity index is 1.29. The number of benzene rings is 3. The quantitative estimate of drug-likeness (QED) is 0.371. The molecule has 3 aromatic carbocycles. The van der Waals surface area contributed by atoms with E-state index in [0.29, 0.717) is 24.3 Å². The van der Waals surface area contributed by atoms with Gasteiger partial charge in [-0.25, -0.2) is 4.68 Å². The zero-order valence-electron chi connectivity index (χ0n) is 19.7. The molecule has 4 rings (SSSR count). The lowest BCUT2D eigenvalue weighted by Gasteiger charge is -2.16. The average Bonchev–Trinajstić information content (AvgIpc) is 3.33. The molecule has 0 radical (unpaired) electrons. The van der Waals surface area contributed by atoms with Crippen molar-refractivity contribution in [2.45, 2.75) is 13.0 Å². The Bertz CT molecular complexity index is 1250. The van der Waals surface area contributed by atoms with Crippen LogP contribution in [0.4, 0.5) is 5.69 Å². The molecule has 0 bridgehead atoms. The van der Waals surface area contributed by atoms with E-state index < -0.39 is 0 Å². The molecule has 0 saturated carbocycles. The smallest absolute Gasteiger partial charge is 0.253 e. The first-order valence-electron chi connectivity index (χ1n) is 11.6. The van der Waals surface area contributed by atoms with Crippen LogP contribution in [0.2, 0.25) is 0 Å². The van der Waals surface area contributed by atoms with Crippen molar-refractivity contribution in [2.75, 3.05) is 25.5 Å². The summed E-state index contributed by atoms with van der Waals surface area (Å²) in [4.78, 5) is 27.4. The largest absolute Gasteiger partial charge is 0.352 e. The fourth-order valence-corrected chi connectivity index (χ4v) is 3.82. The van der Waals surface area contributed by atoms with E-state index in [2.05, 4.69) is 15.7 Å². The van der Waals surface area contributed by atoms with Crippen LogP contribution in [0.1, 0.15) is 21.5 Å². The highest BCUT2D eigenvalue weighted by molar-refractivity contribution is 6.04. The molecule has 0 spiro atoms. The van der Waals surface area contributed by atoms with Crippen molar-refractivity contribution in [3.63, 3.8) is 0 Å². The third-order valence-corrected chi connectivity index (χ3v) is 5.51. The van der Waals surface area contributed by atoms with E-state index in [4.69, 9.17) is 0 Å². The minimum absolute atomic E-state index is 0.181. The van der Waals surface area contributed by atoms with Gasteiger partial charge in [0, 0.05) is 24.8 Å². The van der Waals surface area contributed by atoms with Crippen LogP contribution in [0.3, 0.4) is 0 Å². The molecule has 7 nitrogen and oxygen atoms in total. The molecule has 178 valence electrons. The van der Waals surface area contributed by atoms with Crippen molar-refractivity contribution >= 4 is 17.5 Å². The molecule has 0 aliphatic rings. The predicted molar refractivity (Wildman–Crippen MR) is 137 cm³/mol. The van der Waals surface area contributed by atoms with Crippen molar-refractivity contribution in [1.29, 1.82) is 0 Å². The fraction of sp³-hybridized carbons (Fsp3) is 0.179. The lowest BCUT2D eigenvalue weighted by Crippen LogP contribution is -2.31. The van der Waals surface area contributed by atoms with Crippen LogP contribution in [0.5, 0.6) is 0 Å². The van der Waals surface area contributed by atoms with Gasteiger partial charge < -0.3 is 10.6 Å². The Morgan fingerprint density at radius 1 is 0.886 bits per heavy atom. The van der Waals surface area contributed by atoms with Gasteiger partial charge in [-0.1, -0.05) is 60.7 Å². The Hall–Kier alpha value is -4.23. The zero-order valence-corrected chi connectivity index (χ0v) is 19.7. The number of nitrogens with one attached hydrogen (secondary N) is 2. The summed E-state index contributed by atoms with van der Waals surface area (Å²) in [5.41, 5.74) is 4.09. The maximum Gasteiger partial charge on any atom is 0.253 e. The van der Waals surface area contributed by atoms with Crippen LogP contribution >= 0.6 is 0 Å². The number of likely N-dealkylation sites (N-methyl/N-ethyl adjacent to an activating group) is 1. The van der Waals surface area contributed by atoms with Crippen LogP contribution in [-0.2, 0) is 17.8 Å². The molecule has 0 saturated heterocycles. The first kappa shape index (κ1) is 23.9. The maximum atomic E-state index is 12.7. The molecule has 2 N–H and O–H groups in total. The summed E-state index contributed by atoms with van der Waals surface area (Å²) in [7, 11) is 1.88. The third kappa shape index (κ3) is 6.88. The molecule has 0 atom stereocenters. The normalized spacial score (nSPS) is 10.8. The van der Waals surface area contributed by atoms with Gasteiger partial charge in [0.05, 0.1) is 29.7 Å². The highest BCUT2D eigenvalue weighted by Crippen LogP contribution is 2.15. The standard InChI is InChI=1S/C28H29N5O2/c1-32(19-23-18-30-33(20-23)24-12-6-3-7-13-24)21-27(34)31-26-15-9-8-14-25(26)28(35)29-17-16-22-10-4-2-5-11-22/h2-15,18,20H,16-17,19,21H2,1H3,(H,29,35)(H,31,34). The maximum absolute atomic E-state index is 12.7. The summed E-state index contributed by atoms with van der Waals surface area (Å²) < 4.78 is 1.82. The van der Waals surface area contributed by atoms with Gasteiger partial charge in [-0.3, -0.25) is 14.5 Å². The van der Waals surface area contributed by atoms with Gasteiger partial charge in [0.1, 0.15) is 0 Å². The van der Waals surface area contributed by atoms with E-state index in [-0.39, 0.29) is 18.4 Å². The van der Waals surface area contributed by atoms with Crippen molar-refractivity contribution in [3.05, 3.63) is 114 Å². The first-order valence-corrected chi connectivity index (χ1v) is 11.6. The molecule has 4 aromatic rings. The Kier molecular flexibility index (Phi) is 8.04. The number of amides is 2. The van der Waals surface area contributed by atoms with Crippen LogP contribution < -0.4 is 10.6 Å². The SMILES string of the molecule is CN(CC(=O)Nc1ccccc1C(=O)NCCc1ccccc1)Cc1cnn(-c2ccccc2)c1. The molecule has 0 unspecified atom stereocenters. The summed E-state index contributed by atoms with van der Waals surface area (Å²) >= 11 is 0. The summed E-state index contributed by atoms with van der Waals surface area (Å²) in [6, 6.07) is 26.9. The molecule has 0 aliphatic heterocycles. The van der Waals surface area contributed by atoms with Gasteiger partial charge in [-0.2, -0.15) is 5.10 Å². The first-order chi connectivity index (χ1) is 17.1. The van der Waals surface area contributed by atoms with Crippen molar-refractivity contribution in [3.8, 4) is 5.69 Å². The predicted octanol–water partition coefficient (Wildman–Crippen LogP) is 3.92. The summed E-state index contributed by atoms with van der Waals surface area (Å²) in [6.07, 6.45) is 4.50. The van der Waals surface area contributed by atoms with E-state index in [1.54, 1.807) is 30.5 Å². The molecular weight excluding hydrogens is 438 g/mol.